The summed E-state index contributed by atoms with van der Waals surface area (Å²) in [4.78, 5) is 0. The quantitative estimate of drug-likeness (QED) is 0.654. The number of hydrogen-bond acceptors (Lipinski definition) is 3. The smallest absolute Gasteiger partial charge is 0.186 e. The topological polar surface area (TPSA) is 60.7 Å². The van der Waals surface area contributed by atoms with Crippen LogP contribution in [0.15, 0.2) is 42.5 Å². The third-order valence-corrected chi connectivity index (χ3v) is 2.65. The average Bonchev–Trinajstić information content (AvgIpc) is 2.29. The van der Waals surface area contributed by atoms with Crippen molar-refractivity contribution in [1.82, 2.24) is 0 Å². The van der Waals surface area contributed by atoms with Crippen molar-refractivity contribution in [2.24, 2.45) is 0 Å². The van der Waals surface area contributed by atoms with E-state index in [4.69, 9.17) is 0 Å². The van der Waals surface area contributed by atoms with E-state index in [2.05, 4.69) is 0 Å². The molecule has 1 aromatic carbocycles. The van der Waals surface area contributed by atoms with E-state index in [1.54, 1.807) is 12.2 Å². The average molecular weight is 218 g/mol. The van der Waals surface area contributed by atoms with E-state index >= 15 is 0 Å². The molecule has 3 heteroatoms. The fourth-order valence-electron chi connectivity index (χ4n) is 1.76. The molecule has 3 nitrogen and oxygen atoms in total. The zero-order valence-corrected chi connectivity index (χ0v) is 8.80. The number of hydrogen-bond donors (Lipinski definition) is 3. The van der Waals surface area contributed by atoms with Crippen LogP contribution in [0.25, 0.3) is 5.57 Å². The van der Waals surface area contributed by atoms with E-state index in [1.165, 1.54) is 6.08 Å². The van der Waals surface area contributed by atoms with Gasteiger partial charge in [0, 0.05) is 6.42 Å². The van der Waals surface area contributed by atoms with Gasteiger partial charge in [-0.3, -0.25) is 0 Å². The Morgan fingerprint density at radius 2 is 1.94 bits per heavy atom. The van der Waals surface area contributed by atoms with Gasteiger partial charge >= 0.3 is 0 Å². The Bertz CT molecular complexity index is 444. The molecule has 0 aromatic heterocycles. The molecule has 1 aliphatic carbocycles. The SMILES string of the molecule is OCc1ccccc1C1=CCC(O)(O)C=C1. The minimum absolute atomic E-state index is 0.0231. The van der Waals surface area contributed by atoms with Crippen LogP contribution in [0, 0.1) is 0 Å². The molecule has 0 radical (unpaired) electrons. The summed E-state index contributed by atoms with van der Waals surface area (Å²) >= 11 is 0. The molecular formula is C13H14O3. The van der Waals surface area contributed by atoms with E-state index in [9.17, 15) is 15.3 Å². The predicted molar refractivity (Wildman–Crippen MR) is 61.3 cm³/mol. The summed E-state index contributed by atoms with van der Waals surface area (Å²) in [6.07, 6.45) is 4.95. The number of benzene rings is 1. The summed E-state index contributed by atoms with van der Waals surface area (Å²) in [6, 6.07) is 7.51. The standard InChI is InChI=1S/C13H14O3/c14-9-11-3-1-2-4-12(11)10-5-7-13(15,16)8-6-10/h1-7,14-16H,8-9H2. The van der Waals surface area contributed by atoms with Crippen molar-refractivity contribution >= 4 is 5.57 Å². The lowest BCUT2D eigenvalue weighted by Crippen LogP contribution is -2.25. The van der Waals surface area contributed by atoms with Gasteiger partial charge in [-0.1, -0.05) is 36.4 Å². The van der Waals surface area contributed by atoms with E-state index < -0.39 is 5.79 Å². The predicted octanol–water partition coefficient (Wildman–Crippen LogP) is 1.20. The summed E-state index contributed by atoms with van der Waals surface area (Å²) in [6.45, 7) is -0.0231. The van der Waals surface area contributed by atoms with Gasteiger partial charge in [-0.25, -0.2) is 0 Å². The van der Waals surface area contributed by atoms with Gasteiger partial charge in [0.2, 0.25) is 0 Å². The largest absolute Gasteiger partial charge is 0.392 e. The highest BCUT2D eigenvalue weighted by Crippen LogP contribution is 2.27. The summed E-state index contributed by atoms with van der Waals surface area (Å²) in [5.74, 6) is -1.74. The third-order valence-electron chi connectivity index (χ3n) is 2.65. The lowest BCUT2D eigenvalue weighted by molar-refractivity contribution is -0.114. The molecule has 0 unspecified atom stereocenters. The Balaban J connectivity index is 2.33. The van der Waals surface area contributed by atoms with Crippen molar-refractivity contribution < 1.29 is 15.3 Å². The maximum atomic E-state index is 9.34. The molecule has 0 saturated carbocycles. The molecule has 2 rings (SSSR count). The molecule has 0 heterocycles. The first-order chi connectivity index (χ1) is 7.62. The molecule has 3 N–H and O–H groups in total. The number of aliphatic hydroxyl groups is 3. The van der Waals surface area contributed by atoms with Crippen molar-refractivity contribution in [3.05, 3.63) is 53.6 Å². The lowest BCUT2D eigenvalue weighted by atomic mass is 9.93. The van der Waals surface area contributed by atoms with Crippen molar-refractivity contribution in [2.75, 3.05) is 0 Å². The van der Waals surface area contributed by atoms with Crippen LogP contribution in [-0.4, -0.2) is 21.1 Å². The van der Waals surface area contributed by atoms with Crippen LogP contribution in [-0.2, 0) is 6.61 Å². The Morgan fingerprint density at radius 1 is 1.19 bits per heavy atom. The van der Waals surface area contributed by atoms with Crippen LogP contribution in [0.5, 0.6) is 0 Å². The molecule has 0 fully saturated rings. The molecule has 0 amide bonds. The second-order valence-corrected chi connectivity index (χ2v) is 3.89. The molecular weight excluding hydrogens is 204 g/mol. The summed E-state index contributed by atoms with van der Waals surface area (Å²) in [5.41, 5.74) is 2.67. The maximum Gasteiger partial charge on any atom is 0.186 e. The first-order valence-corrected chi connectivity index (χ1v) is 5.16. The van der Waals surface area contributed by atoms with Crippen LogP contribution >= 0.6 is 0 Å². The van der Waals surface area contributed by atoms with E-state index in [0.717, 1.165) is 16.7 Å². The Labute approximate surface area is 94.0 Å². The van der Waals surface area contributed by atoms with Crippen LogP contribution in [0.2, 0.25) is 0 Å². The first-order valence-electron chi connectivity index (χ1n) is 5.16. The molecule has 0 aliphatic heterocycles. The maximum absolute atomic E-state index is 9.34. The molecule has 84 valence electrons. The van der Waals surface area contributed by atoms with Gasteiger partial charge in [-0.15, -0.1) is 0 Å². The van der Waals surface area contributed by atoms with E-state index in [1.807, 2.05) is 24.3 Å². The molecule has 0 spiro atoms. The number of allylic oxidation sites excluding steroid dienone is 2. The van der Waals surface area contributed by atoms with Gasteiger partial charge in [0.05, 0.1) is 6.61 Å². The molecule has 1 aromatic rings. The Hall–Kier alpha value is -1.42. The van der Waals surface area contributed by atoms with Crippen molar-refractivity contribution in [3.8, 4) is 0 Å². The minimum Gasteiger partial charge on any atom is -0.392 e. The van der Waals surface area contributed by atoms with Crippen LogP contribution in [0.1, 0.15) is 17.5 Å². The fourth-order valence-corrected chi connectivity index (χ4v) is 1.76. The summed E-state index contributed by atoms with van der Waals surface area (Å²) in [7, 11) is 0. The van der Waals surface area contributed by atoms with Gasteiger partial charge in [-0.2, -0.15) is 0 Å². The second-order valence-electron chi connectivity index (χ2n) is 3.89. The number of rotatable bonds is 2. The molecule has 0 atom stereocenters. The first kappa shape index (κ1) is 11.1. The summed E-state index contributed by atoms with van der Waals surface area (Å²) in [5, 5.41) is 27.9. The normalized spacial score (nSPS) is 18.3. The highest BCUT2D eigenvalue weighted by molar-refractivity contribution is 5.77. The van der Waals surface area contributed by atoms with Gasteiger partial charge in [0.15, 0.2) is 5.79 Å². The van der Waals surface area contributed by atoms with Crippen LogP contribution in [0.4, 0.5) is 0 Å². The Morgan fingerprint density at radius 3 is 2.56 bits per heavy atom. The van der Waals surface area contributed by atoms with Gasteiger partial charge < -0.3 is 15.3 Å². The van der Waals surface area contributed by atoms with Crippen molar-refractivity contribution in [1.29, 1.82) is 0 Å². The fraction of sp³-hybridized carbons (Fsp3) is 0.231. The zero-order valence-electron chi connectivity index (χ0n) is 8.80. The van der Waals surface area contributed by atoms with E-state index in [0.29, 0.717) is 0 Å². The summed E-state index contributed by atoms with van der Waals surface area (Å²) < 4.78 is 0. The van der Waals surface area contributed by atoms with Crippen molar-refractivity contribution in [3.63, 3.8) is 0 Å². The van der Waals surface area contributed by atoms with Crippen LogP contribution in [0.3, 0.4) is 0 Å². The van der Waals surface area contributed by atoms with E-state index in [-0.39, 0.29) is 13.0 Å². The second kappa shape index (κ2) is 4.22. The zero-order chi connectivity index (χ0) is 11.6. The highest BCUT2D eigenvalue weighted by atomic mass is 16.5. The monoisotopic (exact) mass is 218 g/mol. The highest BCUT2D eigenvalue weighted by Gasteiger charge is 2.21. The van der Waals surface area contributed by atoms with Gasteiger partial charge in [0.25, 0.3) is 0 Å². The minimum atomic E-state index is -1.74. The third kappa shape index (κ3) is 2.22. The Kier molecular flexibility index (Phi) is 2.92. The van der Waals surface area contributed by atoms with Gasteiger partial charge in [-0.05, 0) is 22.8 Å². The molecule has 0 bridgehead atoms. The van der Waals surface area contributed by atoms with Crippen molar-refractivity contribution in [2.45, 2.75) is 18.8 Å². The lowest BCUT2D eigenvalue weighted by Gasteiger charge is -2.20. The molecule has 16 heavy (non-hydrogen) atoms. The number of aliphatic hydroxyl groups excluding tert-OH is 1. The van der Waals surface area contributed by atoms with Gasteiger partial charge in [0.1, 0.15) is 0 Å². The molecule has 1 aliphatic rings. The molecule has 0 saturated heterocycles. The van der Waals surface area contributed by atoms with Crippen LogP contribution < -0.4 is 0 Å².